The molecule has 0 aromatic carbocycles. The van der Waals surface area contributed by atoms with Crippen LogP contribution in [-0.4, -0.2) is 67.6 Å². The highest BCUT2D eigenvalue weighted by Crippen LogP contribution is 2.31. The largest absolute Gasteiger partial charge is 0.354 e. The minimum absolute atomic E-state index is 0.510. The van der Waals surface area contributed by atoms with Crippen molar-refractivity contribution in [1.29, 1.82) is 0 Å². The predicted molar refractivity (Wildman–Crippen MR) is 92.5 cm³/mol. The third-order valence-corrected chi connectivity index (χ3v) is 5.40. The van der Waals surface area contributed by atoms with Crippen LogP contribution in [0.25, 0.3) is 0 Å². The zero-order valence-corrected chi connectivity index (χ0v) is 14.4. The molecule has 0 saturated carbocycles. The van der Waals surface area contributed by atoms with Gasteiger partial charge in [0.2, 0.25) is 0 Å². The lowest BCUT2D eigenvalue weighted by Crippen LogP contribution is -2.51. The maximum Gasteiger partial charge on any atom is 0.128 e. The van der Waals surface area contributed by atoms with E-state index in [9.17, 15) is 0 Å². The van der Waals surface area contributed by atoms with Crippen molar-refractivity contribution in [2.24, 2.45) is 5.41 Å². The summed E-state index contributed by atoms with van der Waals surface area (Å²) in [4.78, 5) is 12.1. The van der Waals surface area contributed by atoms with Gasteiger partial charge in [0, 0.05) is 38.9 Å². The van der Waals surface area contributed by atoms with Crippen LogP contribution in [0.5, 0.6) is 0 Å². The van der Waals surface area contributed by atoms with Gasteiger partial charge in [0.25, 0.3) is 0 Å². The van der Waals surface area contributed by atoms with Gasteiger partial charge in [0.15, 0.2) is 0 Å². The van der Waals surface area contributed by atoms with E-state index in [2.05, 4.69) is 52.7 Å². The van der Waals surface area contributed by atoms with Gasteiger partial charge in [-0.25, -0.2) is 4.98 Å². The van der Waals surface area contributed by atoms with Gasteiger partial charge in [-0.05, 0) is 63.0 Å². The van der Waals surface area contributed by atoms with Gasteiger partial charge in [-0.15, -0.1) is 0 Å². The van der Waals surface area contributed by atoms with Gasteiger partial charge >= 0.3 is 0 Å². The van der Waals surface area contributed by atoms with Crippen LogP contribution in [0.1, 0.15) is 25.3 Å². The monoisotopic (exact) mass is 302 g/mol. The summed E-state index contributed by atoms with van der Waals surface area (Å²) in [6, 6.07) is 4.27. The lowest BCUT2D eigenvalue weighted by atomic mass is 9.80. The van der Waals surface area contributed by atoms with E-state index in [1.54, 1.807) is 0 Å². The van der Waals surface area contributed by atoms with Crippen LogP contribution in [0.2, 0.25) is 0 Å². The van der Waals surface area contributed by atoms with Crippen molar-refractivity contribution in [3.8, 4) is 0 Å². The number of likely N-dealkylation sites (tertiary alicyclic amines) is 1. The highest BCUT2D eigenvalue weighted by Gasteiger charge is 2.32. The molecule has 4 nitrogen and oxygen atoms in total. The van der Waals surface area contributed by atoms with Crippen molar-refractivity contribution in [2.75, 3.05) is 57.8 Å². The highest BCUT2D eigenvalue weighted by atomic mass is 15.3. The predicted octanol–water partition coefficient (Wildman–Crippen LogP) is 2.24. The van der Waals surface area contributed by atoms with Gasteiger partial charge in [0.05, 0.1) is 0 Å². The molecule has 2 saturated heterocycles. The Morgan fingerprint density at radius 3 is 2.41 bits per heavy atom. The van der Waals surface area contributed by atoms with E-state index < -0.39 is 0 Å². The first-order valence-corrected chi connectivity index (χ1v) is 8.63. The summed E-state index contributed by atoms with van der Waals surface area (Å²) in [5.41, 5.74) is 1.81. The maximum absolute atomic E-state index is 4.53. The van der Waals surface area contributed by atoms with Gasteiger partial charge in [-0.1, -0.05) is 6.92 Å². The van der Waals surface area contributed by atoms with Gasteiger partial charge in [0.1, 0.15) is 5.82 Å². The lowest BCUT2D eigenvalue weighted by molar-refractivity contribution is 0.0836. The molecule has 0 bridgehead atoms. The van der Waals surface area contributed by atoms with Gasteiger partial charge < -0.3 is 9.80 Å². The van der Waals surface area contributed by atoms with Gasteiger partial charge in [-0.3, -0.25) is 4.90 Å². The van der Waals surface area contributed by atoms with Crippen molar-refractivity contribution < 1.29 is 0 Å². The number of nitrogens with zero attached hydrogens (tertiary/aromatic N) is 4. The van der Waals surface area contributed by atoms with Crippen LogP contribution in [0.4, 0.5) is 5.82 Å². The molecule has 0 radical (unpaired) electrons. The minimum atomic E-state index is 0.510. The Balaban J connectivity index is 1.51. The molecule has 4 heteroatoms. The molecule has 122 valence electrons. The van der Waals surface area contributed by atoms with E-state index in [1.807, 2.05) is 6.20 Å². The van der Waals surface area contributed by atoms with Gasteiger partial charge in [-0.2, -0.15) is 0 Å². The number of rotatable bonds is 3. The number of hydrogen-bond donors (Lipinski definition) is 0. The topological polar surface area (TPSA) is 22.6 Å². The van der Waals surface area contributed by atoms with Crippen LogP contribution < -0.4 is 4.90 Å². The molecule has 1 aromatic rings. The maximum atomic E-state index is 4.53. The molecular formula is C18H30N4. The quantitative estimate of drug-likeness (QED) is 0.854. The molecule has 2 aliphatic heterocycles. The van der Waals surface area contributed by atoms with Crippen molar-refractivity contribution in [2.45, 2.75) is 26.7 Å². The first-order valence-electron chi connectivity index (χ1n) is 8.63. The molecule has 0 atom stereocenters. The number of aromatic nitrogens is 1. The summed E-state index contributed by atoms with van der Waals surface area (Å²) in [5, 5.41) is 0. The number of hydrogen-bond acceptors (Lipinski definition) is 4. The minimum Gasteiger partial charge on any atom is -0.354 e. The Morgan fingerprint density at radius 1 is 1.09 bits per heavy atom. The second kappa shape index (κ2) is 6.55. The first-order chi connectivity index (χ1) is 10.5. The molecule has 22 heavy (non-hydrogen) atoms. The summed E-state index contributed by atoms with van der Waals surface area (Å²) in [5.74, 6) is 1.14. The highest BCUT2D eigenvalue weighted by molar-refractivity contribution is 5.41. The Morgan fingerprint density at radius 2 is 1.77 bits per heavy atom. The fourth-order valence-electron chi connectivity index (χ4n) is 3.68. The van der Waals surface area contributed by atoms with Crippen LogP contribution in [-0.2, 0) is 0 Å². The molecule has 3 heterocycles. The molecule has 0 aliphatic carbocycles. The summed E-state index contributed by atoms with van der Waals surface area (Å²) in [6.45, 7) is 12.9. The fourth-order valence-corrected chi connectivity index (χ4v) is 3.68. The molecule has 0 N–H and O–H groups in total. The number of piperidine rings is 1. The van der Waals surface area contributed by atoms with E-state index in [0.717, 1.165) is 18.9 Å². The summed E-state index contributed by atoms with van der Waals surface area (Å²) in [6.07, 6.45) is 4.60. The molecule has 0 spiro atoms. The Labute approximate surface area is 135 Å². The van der Waals surface area contributed by atoms with Crippen LogP contribution in [0.3, 0.4) is 0 Å². The fraction of sp³-hybridized carbons (Fsp3) is 0.722. The molecule has 0 unspecified atom stereocenters. The molecule has 1 aromatic heterocycles. The molecule has 2 fully saturated rings. The molecule has 3 rings (SSSR count). The molecule has 0 amide bonds. The number of pyridine rings is 1. The lowest BCUT2D eigenvalue weighted by Gasteiger charge is -2.44. The zero-order valence-electron chi connectivity index (χ0n) is 14.4. The molecule has 2 aliphatic rings. The number of piperazine rings is 1. The summed E-state index contributed by atoms with van der Waals surface area (Å²) in [7, 11) is 2.24. The first kappa shape index (κ1) is 15.8. The smallest absolute Gasteiger partial charge is 0.128 e. The number of anilines is 1. The Hall–Kier alpha value is -1.13. The van der Waals surface area contributed by atoms with E-state index in [4.69, 9.17) is 0 Å². The third kappa shape index (κ3) is 3.79. The Bertz CT molecular complexity index is 486. The van der Waals surface area contributed by atoms with E-state index in [-0.39, 0.29) is 0 Å². The van der Waals surface area contributed by atoms with Crippen LogP contribution >= 0.6 is 0 Å². The zero-order chi connectivity index (χ0) is 15.6. The standard InChI is InChI=1S/C18H30N4/c1-16-4-7-19-17(14-16)22-12-10-21(11-13-22)15-18(2)5-8-20(3)9-6-18/h4,7,14H,5-6,8-13,15H2,1-3H3. The Kier molecular flexibility index (Phi) is 4.69. The summed E-state index contributed by atoms with van der Waals surface area (Å²) < 4.78 is 0. The van der Waals surface area contributed by atoms with Crippen molar-refractivity contribution >= 4 is 5.82 Å². The van der Waals surface area contributed by atoms with Crippen molar-refractivity contribution in [3.05, 3.63) is 23.9 Å². The SMILES string of the molecule is Cc1ccnc(N2CCN(CC3(C)CCN(C)CC3)CC2)c1. The average molecular weight is 302 g/mol. The van der Waals surface area contributed by atoms with Crippen LogP contribution in [0, 0.1) is 12.3 Å². The number of aryl methyl sites for hydroxylation is 1. The van der Waals surface area contributed by atoms with Crippen molar-refractivity contribution in [3.63, 3.8) is 0 Å². The van der Waals surface area contributed by atoms with E-state index >= 15 is 0 Å². The molecular weight excluding hydrogens is 272 g/mol. The van der Waals surface area contributed by atoms with E-state index in [0.29, 0.717) is 5.41 Å². The van der Waals surface area contributed by atoms with Crippen LogP contribution in [0.15, 0.2) is 18.3 Å². The van der Waals surface area contributed by atoms with E-state index in [1.165, 1.54) is 51.1 Å². The third-order valence-electron chi connectivity index (χ3n) is 5.40. The van der Waals surface area contributed by atoms with Crippen molar-refractivity contribution in [1.82, 2.24) is 14.8 Å². The average Bonchev–Trinajstić information content (AvgIpc) is 2.51. The second-order valence-corrected chi connectivity index (χ2v) is 7.57. The second-order valence-electron chi connectivity index (χ2n) is 7.57. The normalized spacial score (nSPS) is 23.7. The summed E-state index contributed by atoms with van der Waals surface area (Å²) >= 11 is 0.